The van der Waals surface area contributed by atoms with Gasteiger partial charge in [-0.15, -0.1) is 0 Å². The Labute approximate surface area is 113 Å². The second kappa shape index (κ2) is 5.66. The van der Waals surface area contributed by atoms with Crippen LogP contribution in [0.2, 0.25) is 0 Å². The van der Waals surface area contributed by atoms with Crippen LogP contribution in [0.1, 0.15) is 12.1 Å². The lowest BCUT2D eigenvalue weighted by Gasteiger charge is -2.33. The molecule has 0 saturated carbocycles. The summed E-state index contributed by atoms with van der Waals surface area (Å²) in [6, 6.07) is 3.66. The van der Waals surface area contributed by atoms with Crippen LogP contribution in [0.5, 0.6) is 0 Å². The van der Waals surface area contributed by atoms with Crippen molar-refractivity contribution in [3.05, 3.63) is 23.9 Å². The van der Waals surface area contributed by atoms with Crippen molar-refractivity contribution in [1.29, 1.82) is 0 Å². The van der Waals surface area contributed by atoms with Gasteiger partial charge in [0.15, 0.2) is 0 Å². The van der Waals surface area contributed by atoms with E-state index in [0.717, 1.165) is 6.07 Å². The number of carboxylic acid groups (broad SMARTS) is 1. The van der Waals surface area contributed by atoms with Crippen molar-refractivity contribution in [1.82, 2.24) is 4.98 Å². The molecular weight excluding hydrogens is 277 g/mol. The quantitative estimate of drug-likeness (QED) is 0.919. The van der Waals surface area contributed by atoms with Crippen molar-refractivity contribution < 1.29 is 27.8 Å². The van der Waals surface area contributed by atoms with E-state index in [4.69, 9.17) is 9.84 Å². The second-order valence-corrected chi connectivity index (χ2v) is 4.42. The van der Waals surface area contributed by atoms with E-state index in [-0.39, 0.29) is 25.4 Å². The first-order valence-electron chi connectivity index (χ1n) is 5.99. The van der Waals surface area contributed by atoms with Gasteiger partial charge in [0.05, 0.1) is 19.1 Å². The summed E-state index contributed by atoms with van der Waals surface area (Å²) >= 11 is 0. The third-order valence-corrected chi connectivity index (χ3v) is 2.89. The number of rotatable bonds is 3. The number of hydrogen-bond acceptors (Lipinski definition) is 4. The van der Waals surface area contributed by atoms with Crippen LogP contribution in [0, 0.1) is 0 Å². The van der Waals surface area contributed by atoms with E-state index in [9.17, 15) is 18.0 Å². The lowest BCUT2D eigenvalue weighted by molar-refractivity contribution is -0.141. The molecule has 1 aromatic heterocycles. The zero-order chi connectivity index (χ0) is 14.8. The first-order chi connectivity index (χ1) is 9.36. The number of aromatic nitrogens is 1. The average molecular weight is 290 g/mol. The van der Waals surface area contributed by atoms with E-state index in [1.165, 1.54) is 12.1 Å². The number of halogens is 3. The largest absolute Gasteiger partial charge is 0.481 e. The zero-order valence-corrected chi connectivity index (χ0v) is 10.4. The molecular formula is C12H13F3N2O3. The van der Waals surface area contributed by atoms with Gasteiger partial charge in [0.25, 0.3) is 0 Å². The number of alkyl halides is 3. The van der Waals surface area contributed by atoms with Crippen molar-refractivity contribution in [2.75, 3.05) is 24.6 Å². The number of morpholine rings is 1. The Morgan fingerprint density at radius 1 is 1.50 bits per heavy atom. The Morgan fingerprint density at radius 2 is 2.25 bits per heavy atom. The first-order valence-corrected chi connectivity index (χ1v) is 5.99. The normalized spacial score (nSPS) is 19.9. The number of carboxylic acids is 1. The molecule has 0 spiro atoms. The second-order valence-electron chi connectivity index (χ2n) is 4.42. The fourth-order valence-electron chi connectivity index (χ4n) is 2.00. The van der Waals surface area contributed by atoms with E-state index in [1.807, 2.05) is 0 Å². The molecule has 0 aliphatic carbocycles. The van der Waals surface area contributed by atoms with E-state index in [2.05, 4.69) is 4.98 Å². The van der Waals surface area contributed by atoms with Crippen LogP contribution in [0.4, 0.5) is 19.0 Å². The third kappa shape index (κ3) is 3.60. The summed E-state index contributed by atoms with van der Waals surface area (Å²) in [4.78, 5) is 15.8. The molecule has 5 nitrogen and oxygen atoms in total. The number of nitrogens with zero attached hydrogens (tertiary/aromatic N) is 2. The Hall–Kier alpha value is -1.83. The predicted molar refractivity (Wildman–Crippen MR) is 63.4 cm³/mol. The number of aliphatic carboxylic acids is 1. The number of carbonyl (C=O) groups is 1. The summed E-state index contributed by atoms with van der Waals surface area (Å²) in [5, 5.41) is 8.71. The molecule has 2 heterocycles. The molecule has 1 unspecified atom stereocenters. The summed E-state index contributed by atoms with van der Waals surface area (Å²) in [5.74, 6) is -0.827. The molecule has 1 aliphatic heterocycles. The predicted octanol–water partition coefficient (Wildman–Crippen LogP) is 1.78. The van der Waals surface area contributed by atoms with Gasteiger partial charge < -0.3 is 14.7 Å². The highest BCUT2D eigenvalue weighted by Crippen LogP contribution is 2.29. The molecule has 0 aromatic carbocycles. The SMILES string of the molecule is O=C(O)CC1CN(c2cccc(C(F)(F)F)n2)CCO1. The van der Waals surface area contributed by atoms with Gasteiger partial charge in [-0.1, -0.05) is 6.07 Å². The van der Waals surface area contributed by atoms with Gasteiger partial charge in [-0.05, 0) is 12.1 Å². The average Bonchev–Trinajstić information content (AvgIpc) is 2.37. The summed E-state index contributed by atoms with van der Waals surface area (Å²) in [6.07, 6.45) is -5.23. The van der Waals surface area contributed by atoms with E-state index in [0.29, 0.717) is 6.54 Å². The smallest absolute Gasteiger partial charge is 0.433 e. The maximum absolute atomic E-state index is 12.6. The molecule has 20 heavy (non-hydrogen) atoms. The van der Waals surface area contributed by atoms with Crippen LogP contribution in [0.15, 0.2) is 18.2 Å². The summed E-state index contributed by atoms with van der Waals surface area (Å²) in [5.41, 5.74) is -0.962. The van der Waals surface area contributed by atoms with Crippen LogP contribution < -0.4 is 4.90 Å². The molecule has 1 fully saturated rings. The first kappa shape index (κ1) is 14.6. The maximum atomic E-state index is 12.6. The van der Waals surface area contributed by atoms with E-state index < -0.39 is 23.9 Å². The Kier molecular flexibility index (Phi) is 4.12. The van der Waals surface area contributed by atoms with Crippen molar-refractivity contribution in [2.24, 2.45) is 0 Å². The number of anilines is 1. The zero-order valence-electron chi connectivity index (χ0n) is 10.4. The minimum atomic E-state index is -4.50. The molecule has 1 saturated heterocycles. The summed E-state index contributed by atoms with van der Waals surface area (Å²) < 4.78 is 43.1. The molecule has 110 valence electrons. The van der Waals surface area contributed by atoms with E-state index in [1.54, 1.807) is 4.90 Å². The molecule has 0 bridgehead atoms. The van der Waals surface area contributed by atoms with Gasteiger partial charge in [-0.3, -0.25) is 4.79 Å². The van der Waals surface area contributed by atoms with Gasteiger partial charge in [-0.2, -0.15) is 13.2 Å². The highest BCUT2D eigenvalue weighted by atomic mass is 19.4. The molecule has 2 rings (SSSR count). The highest BCUT2D eigenvalue weighted by molar-refractivity contribution is 5.67. The van der Waals surface area contributed by atoms with Crippen molar-refractivity contribution in [2.45, 2.75) is 18.7 Å². The van der Waals surface area contributed by atoms with Gasteiger partial charge >= 0.3 is 12.1 Å². The minimum absolute atomic E-state index is 0.179. The van der Waals surface area contributed by atoms with Gasteiger partial charge in [0.2, 0.25) is 0 Å². The summed E-state index contributed by atoms with van der Waals surface area (Å²) in [7, 11) is 0. The monoisotopic (exact) mass is 290 g/mol. The molecule has 1 atom stereocenters. The molecule has 1 aromatic rings. The molecule has 0 radical (unpaired) electrons. The third-order valence-electron chi connectivity index (χ3n) is 2.89. The van der Waals surface area contributed by atoms with E-state index >= 15 is 0 Å². The van der Waals surface area contributed by atoms with Crippen molar-refractivity contribution in [3.8, 4) is 0 Å². The minimum Gasteiger partial charge on any atom is -0.481 e. The van der Waals surface area contributed by atoms with Crippen LogP contribution in [-0.4, -0.2) is 41.9 Å². The van der Waals surface area contributed by atoms with Crippen molar-refractivity contribution in [3.63, 3.8) is 0 Å². The number of pyridine rings is 1. The van der Waals surface area contributed by atoms with Crippen LogP contribution in [0.25, 0.3) is 0 Å². The topological polar surface area (TPSA) is 62.7 Å². The lowest BCUT2D eigenvalue weighted by Crippen LogP contribution is -2.43. The lowest BCUT2D eigenvalue weighted by atomic mass is 10.2. The molecule has 0 amide bonds. The van der Waals surface area contributed by atoms with Crippen molar-refractivity contribution >= 4 is 11.8 Å². The fourth-order valence-corrected chi connectivity index (χ4v) is 2.00. The standard InChI is InChI=1S/C12H13F3N2O3/c13-12(14,15)9-2-1-3-10(16-9)17-4-5-20-8(7-17)6-11(18)19/h1-3,8H,4-7H2,(H,18,19). The Balaban J connectivity index is 2.13. The summed E-state index contributed by atoms with van der Waals surface area (Å²) in [6.45, 7) is 0.848. The number of hydrogen-bond donors (Lipinski definition) is 1. The fraction of sp³-hybridized carbons (Fsp3) is 0.500. The molecule has 1 aliphatic rings. The van der Waals surface area contributed by atoms with Gasteiger partial charge in [-0.25, -0.2) is 4.98 Å². The van der Waals surface area contributed by atoms with Crippen LogP contribution in [-0.2, 0) is 15.7 Å². The Bertz CT molecular complexity index is 493. The van der Waals surface area contributed by atoms with Crippen LogP contribution in [0.3, 0.4) is 0 Å². The Morgan fingerprint density at radius 3 is 2.90 bits per heavy atom. The van der Waals surface area contributed by atoms with Crippen LogP contribution >= 0.6 is 0 Å². The van der Waals surface area contributed by atoms with Gasteiger partial charge in [0.1, 0.15) is 11.5 Å². The number of ether oxygens (including phenoxy) is 1. The van der Waals surface area contributed by atoms with Gasteiger partial charge in [0, 0.05) is 13.1 Å². The maximum Gasteiger partial charge on any atom is 0.433 e. The molecule has 8 heteroatoms. The molecule has 1 N–H and O–H groups in total. The highest BCUT2D eigenvalue weighted by Gasteiger charge is 2.33.